The molecule has 0 aromatic heterocycles. The average molecular weight is 174 g/mol. The van der Waals surface area contributed by atoms with Crippen molar-refractivity contribution >= 4 is 0 Å². The minimum atomic E-state index is 0.0369. The first kappa shape index (κ1) is 11.9. The molecule has 0 rings (SSSR count). The summed E-state index contributed by atoms with van der Waals surface area (Å²) in [6, 6.07) is 0. The molecule has 0 aromatic carbocycles. The Labute approximate surface area is 76.3 Å². The fourth-order valence-electron chi connectivity index (χ4n) is 0.949. The quantitative estimate of drug-likeness (QED) is 0.527. The lowest BCUT2D eigenvalue weighted by Gasteiger charge is -2.16. The van der Waals surface area contributed by atoms with Crippen LogP contribution in [-0.2, 0) is 9.47 Å². The van der Waals surface area contributed by atoms with Crippen LogP contribution in [0.3, 0.4) is 0 Å². The number of hydrogen-bond donors (Lipinski definition) is 0. The molecule has 0 N–H and O–H groups in total. The van der Waals surface area contributed by atoms with Crippen molar-refractivity contribution in [1.82, 2.24) is 0 Å². The maximum atomic E-state index is 5.51. The first-order valence-corrected chi connectivity index (χ1v) is 5.08. The van der Waals surface area contributed by atoms with Crippen LogP contribution in [0.4, 0.5) is 0 Å². The Morgan fingerprint density at radius 2 is 1.33 bits per heavy atom. The summed E-state index contributed by atoms with van der Waals surface area (Å²) in [5.41, 5.74) is 0. The molecule has 0 saturated carbocycles. The molecule has 2 nitrogen and oxygen atoms in total. The third-order valence-electron chi connectivity index (χ3n) is 1.54. The maximum absolute atomic E-state index is 5.51. The van der Waals surface area contributed by atoms with E-state index in [1.807, 2.05) is 0 Å². The molecule has 0 aliphatic heterocycles. The summed E-state index contributed by atoms with van der Waals surface area (Å²) in [4.78, 5) is 0. The maximum Gasteiger partial charge on any atom is 0.157 e. The summed E-state index contributed by atoms with van der Waals surface area (Å²) >= 11 is 0. The fraction of sp³-hybridized carbons (Fsp3) is 1.00. The third-order valence-corrected chi connectivity index (χ3v) is 1.54. The Morgan fingerprint density at radius 3 is 1.67 bits per heavy atom. The Balaban J connectivity index is 3.40. The minimum absolute atomic E-state index is 0.0369. The zero-order valence-electron chi connectivity index (χ0n) is 8.64. The highest BCUT2D eigenvalue weighted by atomic mass is 16.7. The Kier molecular flexibility index (Phi) is 8.95. The van der Waals surface area contributed by atoms with E-state index in [0.717, 1.165) is 38.9 Å². The summed E-state index contributed by atoms with van der Waals surface area (Å²) in [5.74, 6) is 0. The first-order chi connectivity index (χ1) is 5.85. The molecule has 0 heterocycles. The highest BCUT2D eigenvalue weighted by molar-refractivity contribution is 4.43. The van der Waals surface area contributed by atoms with Crippen molar-refractivity contribution in [3.8, 4) is 0 Å². The number of hydrogen-bond acceptors (Lipinski definition) is 2. The second kappa shape index (κ2) is 9.01. The molecule has 0 bridgehead atoms. The van der Waals surface area contributed by atoms with Gasteiger partial charge in [-0.25, -0.2) is 0 Å². The van der Waals surface area contributed by atoms with Crippen molar-refractivity contribution in [2.75, 3.05) is 13.2 Å². The van der Waals surface area contributed by atoms with Gasteiger partial charge in [0.15, 0.2) is 6.29 Å². The van der Waals surface area contributed by atoms with Crippen molar-refractivity contribution in [3.05, 3.63) is 0 Å². The molecular weight excluding hydrogens is 152 g/mol. The van der Waals surface area contributed by atoms with E-state index in [4.69, 9.17) is 9.47 Å². The lowest BCUT2D eigenvalue weighted by molar-refractivity contribution is -0.145. The Morgan fingerprint density at radius 1 is 0.833 bits per heavy atom. The molecule has 0 aliphatic carbocycles. The van der Waals surface area contributed by atoms with E-state index < -0.39 is 0 Å². The molecule has 0 aromatic rings. The number of rotatable bonds is 8. The fourth-order valence-corrected chi connectivity index (χ4v) is 0.949. The summed E-state index contributed by atoms with van der Waals surface area (Å²) in [5, 5.41) is 0. The first-order valence-electron chi connectivity index (χ1n) is 5.08. The molecule has 2 heteroatoms. The van der Waals surface area contributed by atoms with Crippen molar-refractivity contribution < 1.29 is 9.47 Å². The van der Waals surface area contributed by atoms with Crippen LogP contribution < -0.4 is 0 Å². The van der Waals surface area contributed by atoms with E-state index in [1.54, 1.807) is 0 Å². The summed E-state index contributed by atoms with van der Waals surface area (Å²) in [6.45, 7) is 8.01. The van der Waals surface area contributed by atoms with Gasteiger partial charge in [0.1, 0.15) is 0 Å². The molecule has 0 saturated heterocycles. The van der Waals surface area contributed by atoms with Crippen LogP contribution in [0.2, 0.25) is 0 Å². The predicted molar refractivity (Wildman–Crippen MR) is 51.2 cm³/mol. The second-order valence-corrected chi connectivity index (χ2v) is 2.96. The van der Waals surface area contributed by atoms with Crippen LogP contribution >= 0.6 is 0 Å². The highest BCUT2D eigenvalue weighted by Gasteiger charge is 2.05. The molecule has 0 amide bonds. The van der Waals surface area contributed by atoms with Crippen molar-refractivity contribution in [1.29, 1.82) is 0 Å². The highest BCUT2D eigenvalue weighted by Crippen LogP contribution is 2.05. The monoisotopic (exact) mass is 174 g/mol. The van der Waals surface area contributed by atoms with Gasteiger partial charge in [0.2, 0.25) is 0 Å². The van der Waals surface area contributed by atoms with E-state index in [2.05, 4.69) is 20.8 Å². The van der Waals surface area contributed by atoms with E-state index in [1.165, 1.54) is 0 Å². The SMILES string of the molecule is CCCOC(CCC)OCCC. The molecule has 0 atom stereocenters. The molecular formula is C10H22O2. The van der Waals surface area contributed by atoms with Gasteiger partial charge in [-0.05, 0) is 19.3 Å². The van der Waals surface area contributed by atoms with Gasteiger partial charge in [0.25, 0.3) is 0 Å². The smallest absolute Gasteiger partial charge is 0.157 e. The van der Waals surface area contributed by atoms with Gasteiger partial charge in [0.05, 0.1) is 0 Å². The summed E-state index contributed by atoms with van der Waals surface area (Å²) in [6.07, 6.45) is 4.30. The molecule has 0 spiro atoms. The van der Waals surface area contributed by atoms with Gasteiger partial charge < -0.3 is 9.47 Å². The molecule has 0 radical (unpaired) electrons. The third kappa shape index (κ3) is 6.62. The van der Waals surface area contributed by atoms with Crippen LogP contribution in [0.25, 0.3) is 0 Å². The zero-order valence-corrected chi connectivity index (χ0v) is 8.64. The lowest BCUT2D eigenvalue weighted by atomic mass is 10.3. The Hall–Kier alpha value is -0.0800. The van der Waals surface area contributed by atoms with E-state index in [9.17, 15) is 0 Å². The van der Waals surface area contributed by atoms with Gasteiger partial charge in [-0.1, -0.05) is 27.2 Å². The van der Waals surface area contributed by atoms with Crippen LogP contribution in [0.15, 0.2) is 0 Å². The largest absolute Gasteiger partial charge is 0.353 e. The van der Waals surface area contributed by atoms with Gasteiger partial charge in [-0.15, -0.1) is 0 Å². The molecule has 74 valence electrons. The lowest BCUT2D eigenvalue weighted by Crippen LogP contribution is -2.18. The summed E-state index contributed by atoms with van der Waals surface area (Å²) < 4.78 is 11.0. The molecule has 0 aliphatic rings. The van der Waals surface area contributed by atoms with Gasteiger partial charge in [0, 0.05) is 13.2 Å². The average Bonchev–Trinajstić information content (AvgIpc) is 2.10. The molecule has 0 unspecified atom stereocenters. The predicted octanol–water partition coefficient (Wildman–Crippen LogP) is 2.97. The normalized spacial score (nSPS) is 11.0. The van der Waals surface area contributed by atoms with E-state index >= 15 is 0 Å². The van der Waals surface area contributed by atoms with Gasteiger partial charge in [-0.2, -0.15) is 0 Å². The van der Waals surface area contributed by atoms with E-state index in [0.29, 0.717) is 0 Å². The van der Waals surface area contributed by atoms with Crippen LogP contribution in [0.5, 0.6) is 0 Å². The van der Waals surface area contributed by atoms with Crippen molar-refractivity contribution in [2.24, 2.45) is 0 Å². The second-order valence-electron chi connectivity index (χ2n) is 2.96. The van der Waals surface area contributed by atoms with Gasteiger partial charge >= 0.3 is 0 Å². The number of ether oxygens (including phenoxy) is 2. The van der Waals surface area contributed by atoms with Crippen LogP contribution in [0.1, 0.15) is 46.5 Å². The van der Waals surface area contributed by atoms with Crippen LogP contribution in [0, 0.1) is 0 Å². The van der Waals surface area contributed by atoms with Crippen LogP contribution in [-0.4, -0.2) is 19.5 Å². The molecule has 0 fully saturated rings. The summed E-state index contributed by atoms with van der Waals surface area (Å²) in [7, 11) is 0. The molecule has 12 heavy (non-hydrogen) atoms. The standard InChI is InChI=1S/C10H22O2/c1-4-7-10(11-8-5-2)12-9-6-3/h10H,4-9H2,1-3H3. The topological polar surface area (TPSA) is 18.5 Å². The zero-order chi connectivity index (χ0) is 9.23. The minimum Gasteiger partial charge on any atom is -0.353 e. The van der Waals surface area contributed by atoms with Crippen molar-refractivity contribution in [3.63, 3.8) is 0 Å². The van der Waals surface area contributed by atoms with Crippen molar-refractivity contribution in [2.45, 2.75) is 52.7 Å². The van der Waals surface area contributed by atoms with E-state index in [-0.39, 0.29) is 6.29 Å². The van der Waals surface area contributed by atoms with Gasteiger partial charge in [-0.3, -0.25) is 0 Å². The Bertz CT molecular complexity index is 75.9.